The summed E-state index contributed by atoms with van der Waals surface area (Å²) >= 11 is 0. The molecule has 0 atom stereocenters. The molecule has 1 aromatic carbocycles. The Balaban J connectivity index is 2.04. The van der Waals surface area contributed by atoms with E-state index < -0.39 is 5.82 Å². The number of hydrogen-bond acceptors (Lipinski definition) is 3. The van der Waals surface area contributed by atoms with E-state index in [9.17, 15) is 9.18 Å². The van der Waals surface area contributed by atoms with Crippen molar-refractivity contribution < 1.29 is 9.13 Å². The van der Waals surface area contributed by atoms with E-state index >= 15 is 0 Å². The third-order valence-corrected chi connectivity index (χ3v) is 2.94. The summed E-state index contributed by atoms with van der Waals surface area (Å²) in [5.74, 6) is -0.182. The maximum Gasteiger partial charge on any atom is 0.250 e. The maximum atomic E-state index is 13.7. The van der Waals surface area contributed by atoms with Gasteiger partial charge in [-0.25, -0.2) is 4.39 Å². The molecule has 0 saturated heterocycles. The van der Waals surface area contributed by atoms with Crippen molar-refractivity contribution in [2.75, 3.05) is 13.2 Å². The summed E-state index contributed by atoms with van der Waals surface area (Å²) in [6.45, 7) is 1.02. The number of nitrogens with two attached hydrogens (primary N) is 1. The van der Waals surface area contributed by atoms with Gasteiger partial charge in [-0.2, -0.15) is 0 Å². The Morgan fingerprint density at radius 2 is 2.05 bits per heavy atom. The van der Waals surface area contributed by atoms with Crippen LogP contribution in [-0.4, -0.2) is 17.7 Å². The minimum Gasteiger partial charge on any atom is -0.488 e. The molecule has 2 aromatic rings. The van der Waals surface area contributed by atoms with Crippen molar-refractivity contribution in [3.05, 3.63) is 64.3 Å². The van der Waals surface area contributed by atoms with E-state index in [2.05, 4.69) is 0 Å². The lowest BCUT2D eigenvalue weighted by Crippen LogP contribution is -2.21. The largest absolute Gasteiger partial charge is 0.488 e. The second kappa shape index (κ2) is 6.86. The highest BCUT2D eigenvalue weighted by molar-refractivity contribution is 5.35. The molecular weight excluding hydrogens is 259 g/mol. The summed E-state index contributed by atoms with van der Waals surface area (Å²) in [6.07, 6.45) is 2.23. The van der Waals surface area contributed by atoms with Crippen LogP contribution in [0.2, 0.25) is 0 Å². The van der Waals surface area contributed by atoms with Crippen LogP contribution in [-0.2, 0) is 13.0 Å². The first-order valence-electron chi connectivity index (χ1n) is 6.48. The Morgan fingerprint density at radius 3 is 2.80 bits per heavy atom. The predicted octanol–water partition coefficient (Wildman–Crippen LogP) is 1.57. The van der Waals surface area contributed by atoms with Crippen molar-refractivity contribution in [3.63, 3.8) is 0 Å². The molecule has 0 aliphatic heterocycles. The third-order valence-electron chi connectivity index (χ3n) is 2.94. The zero-order valence-corrected chi connectivity index (χ0v) is 11.1. The molecule has 20 heavy (non-hydrogen) atoms. The minimum absolute atomic E-state index is 0.105. The van der Waals surface area contributed by atoms with Crippen molar-refractivity contribution in [2.45, 2.75) is 13.0 Å². The van der Waals surface area contributed by atoms with E-state index in [4.69, 9.17) is 10.5 Å². The number of rotatable bonds is 6. The topological polar surface area (TPSA) is 57.2 Å². The third kappa shape index (κ3) is 3.45. The second-order valence-electron chi connectivity index (χ2n) is 4.35. The van der Waals surface area contributed by atoms with E-state index in [0.717, 1.165) is 5.56 Å². The smallest absolute Gasteiger partial charge is 0.250 e. The van der Waals surface area contributed by atoms with Gasteiger partial charge in [0.2, 0.25) is 0 Å². The lowest BCUT2D eigenvalue weighted by molar-refractivity contribution is 0.280. The Labute approximate surface area is 116 Å². The van der Waals surface area contributed by atoms with Gasteiger partial charge in [-0.3, -0.25) is 4.79 Å². The van der Waals surface area contributed by atoms with Gasteiger partial charge in [0.25, 0.3) is 5.56 Å². The fourth-order valence-electron chi connectivity index (χ4n) is 1.96. The van der Waals surface area contributed by atoms with Crippen LogP contribution in [0.4, 0.5) is 4.39 Å². The second-order valence-corrected chi connectivity index (χ2v) is 4.35. The van der Waals surface area contributed by atoms with Gasteiger partial charge in [0, 0.05) is 12.3 Å². The van der Waals surface area contributed by atoms with Crippen LogP contribution in [0.1, 0.15) is 5.56 Å². The molecule has 0 aliphatic carbocycles. The molecule has 0 radical (unpaired) electrons. The van der Waals surface area contributed by atoms with Crippen molar-refractivity contribution in [1.29, 1.82) is 0 Å². The van der Waals surface area contributed by atoms with Crippen molar-refractivity contribution in [1.82, 2.24) is 4.57 Å². The van der Waals surface area contributed by atoms with Crippen molar-refractivity contribution in [3.8, 4) is 5.75 Å². The Kier molecular flexibility index (Phi) is 4.90. The SMILES string of the molecule is NCCc1cccc(F)c1OCCn1ccccc1=O. The number of para-hydroxylation sites is 1. The molecule has 0 saturated carbocycles. The highest BCUT2D eigenvalue weighted by Crippen LogP contribution is 2.22. The number of ether oxygens (including phenoxy) is 1. The van der Waals surface area contributed by atoms with Crippen LogP contribution < -0.4 is 16.0 Å². The van der Waals surface area contributed by atoms with Gasteiger partial charge in [-0.1, -0.05) is 18.2 Å². The van der Waals surface area contributed by atoms with E-state index in [1.165, 1.54) is 16.7 Å². The average Bonchev–Trinajstić information content (AvgIpc) is 2.44. The summed E-state index contributed by atoms with van der Waals surface area (Å²) in [5, 5.41) is 0. The molecule has 5 heteroatoms. The van der Waals surface area contributed by atoms with Crippen LogP contribution in [0.15, 0.2) is 47.4 Å². The van der Waals surface area contributed by atoms with Gasteiger partial charge < -0.3 is 15.0 Å². The molecule has 2 N–H and O–H groups in total. The summed E-state index contributed by atoms with van der Waals surface area (Å²) in [4.78, 5) is 11.5. The Bertz CT molecular complexity index is 625. The van der Waals surface area contributed by atoms with Gasteiger partial charge >= 0.3 is 0 Å². The number of aromatic nitrogens is 1. The van der Waals surface area contributed by atoms with E-state index in [1.54, 1.807) is 30.5 Å². The van der Waals surface area contributed by atoms with Crippen LogP contribution in [0.3, 0.4) is 0 Å². The molecule has 0 amide bonds. The van der Waals surface area contributed by atoms with Crippen LogP contribution in [0.25, 0.3) is 0 Å². The van der Waals surface area contributed by atoms with Gasteiger partial charge in [-0.15, -0.1) is 0 Å². The highest BCUT2D eigenvalue weighted by Gasteiger charge is 2.09. The number of halogens is 1. The van der Waals surface area contributed by atoms with E-state index in [-0.39, 0.29) is 17.9 Å². The molecule has 0 bridgehead atoms. The van der Waals surface area contributed by atoms with Gasteiger partial charge in [-0.05, 0) is 30.7 Å². The average molecular weight is 276 g/mol. The van der Waals surface area contributed by atoms with Gasteiger partial charge in [0.1, 0.15) is 6.61 Å². The maximum absolute atomic E-state index is 13.7. The summed E-state index contributed by atoms with van der Waals surface area (Å²) in [7, 11) is 0. The minimum atomic E-state index is -0.406. The van der Waals surface area contributed by atoms with Crippen LogP contribution >= 0.6 is 0 Å². The number of benzene rings is 1. The monoisotopic (exact) mass is 276 g/mol. The van der Waals surface area contributed by atoms with E-state index in [1.807, 2.05) is 0 Å². The predicted molar refractivity (Wildman–Crippen MR) is 75.4 cm³/mol. The summed E-state index contributed by atoms with van der Waals surface area (Å²) < 4.78 is 20.8. The summed E-state index contributed by atoms with van der Waals surface area (Å²) in [5.41, 5.74) is 6.13. The molecular formula is C15H17FN2O2. The fraction of sp³-hybridized carbons (Fsp3) is 0.267. The standard InChI is InChI=1S/C15H17FN2O2/c16-13-5-3-4-12(7-8-17)15(13)20-11-10-18-9-2-1-6-14(18)19/h1-6,9H,7-8,10-11,17H2. The molecule has 0 fully saturated rings. The van der Waals surface area contributed by atoms with E-state index in [0.29, 0.717) is 19.5 Å². The number of pyridine rings is 1. The molecule has 0 unspecified atom stereocenters. The molecule has 2 rings (SSSR count). The molecule has 1 aromatic heterocycles. The normalized spacial score (nSPS) is 10.5. The molecule has 4 nitrogen and oxygen atoms in total. The highest BCUT2D eigenvalue weighted by atomic mass is 19.1. The lowest BCUT2D eigenvalue weighted by atomic mass is 10.1. The first-order valence-corrected chi connectivity index (χ1v) is 6.48. The van der Waals surface area contributed by atoms with Gasteiger partial charge in [0.05, 0.1) is 6.54 Å². The lowest BCUT2D eigenvalue weighted by Gasteiger charge is -2.12. The zero-order chi connectivity index (χ0) is 14.4. The molecule has 0 aliphatic rings. The number of nitrogens with zero attached hydrogens (tertiary/aromatic N) is 1. The Morgan fingerprint density at radius 1 is 1.20 bits per heavy atom. The van der Waals surface area contributed by atoms with Crippen molar-refractivity contribution in [2.24, 2.45) is 5.73 Å². The molecule has 0 spiro atoms. The zero-order valence-electron chi connectivity index (χ0n) is 11.1. The molecule has 1 heterocycles. The van der Waals surface area contributed by atoms with Gasteiger partial charge in [0.15, 0.2) is 11.6 Å². The summed E-state index contributed by atoms with van der Waals surface area (Å²) in [6, 6.07) is 9.70. The first-order chi connectivity index (χ1) is 9.72. The molecule has 106 valence electrons. The Hall–Kier alpha value is -2.14. The first kappa shape index (κ1) is 14.3. The quantitative estimate of drug-likeness (QED) is 0.871. The van der Waals surface area contributed by atoms with Crippen molar-refractivity contribution >= 4 is 0 Å². The number of hydrogen-bond donors (Lipinski definition) is 1. The van der Waals surface area contributed by atoms with Crippen LogP contribution in [0, 0.1) is 5.82 Å². The fourth-order valence-corrected chi connectivity index (χ4v) is 1.96. The van der Waals surface area contributed by atoms with Crippen LogP contribution in [0.5, 0.6) is 5.75 Å².